The van der Waals surface area contributed by atoms with E-state index >= 15 is 0 Å². The fourth-order valence-corrected chi connectivity index (χ4v) is 2.01. The second-order valence-corrected chi connectivity index (χ2v) is 4.25. The predicted molar refractivity (Wildman–Crippen MR) is 60.4 cm³/mol. The van der Waals surface area contributed by atoms with Gasteiger partial charge in [-0.2, -0.15) is 12.6 Å². The van der Waals surface area contributed by atoms with Crippen molar-refractivity contribution in [3.63, 3.8) is 0 Å². The van der Waals surface area contributed by atoms with E-state index in [1.54, 1.807) is 0 Å². The second-order valence-electron chi connectivity index (χ2n) is 3.88. The zero-order valence-electron chi connectivity index (χ0n) is 8.41. The average Bonchev–Trinajstić information content (AvgIpc) is 2.13. The molecular formula is C11H20OS. The maximum atomic E-state index is 5.73. The van der Waals surface area contributed by atoms with E-state index in [1.165, 1.54) is 25.7 Å². The molecule has 0 aromatic heterocycles. The fraction of sp³-hybridized carbons (Fsp3) is 0.818. The van der Waals surface area contributed by atoms with Crippen LogP contribution in [0.5, 0.6) is 0 Å². The molecule has 0 heterocycles. The molecule has 0 aromatic rings. The molecule has 1 rings (SSSR count). The standard InChI is InChI=1S/C11H20OS/c1-10-5-4-6-11(9-10)12-7-2-3-8-13/h2-3,10-11,13H,4-9H2,1H3. The van der Waals surface area contributed by atoms with Gasteiger partial charge in [0.1, 0.15) is 0 Å². The minimum absolute atomic E-state index is 0.508. The summed E-state index contributed by atoms with van der Waals surface area (Å²) in [6.07, 6.45) is 9.82. The number of rotatable bonds is 4. The van der Waals surface area contributed by atoms with Crippen molar-refractivity contribution in [3.8, 4) is 0 Å². The maximum absolute atomic E-state index is 5.73. The third-order valence-electron chi connectivity index (χ3n) is 2.59. The van der Waals surface area contributed by atoms with Crippen LogP contribution in [0.1, 0.15) is 32.6 Å². The Hall–Kier alpha value is 0.0500. The summed E-state index contributed by atoms with van der Waals surface area (Å²) in [6.45, 7) is 3.08. The van der Waals surface area contributed by atoms with Crippen LogP contribution in [-0.2, 0) is 4.74 Å². The van der Waals surface area contributed by atoms with Crippen molar-refractivity contribution >= 4 is 12.6 Å². The van der Waals surface area contributed by atoms with Crippen LogP contribution in [0.2, 0.25) is 0 Å². The molecule has 0 amide bonds. The molecule has 0 saturated heterocycles. The molecule has 1 nitrogen and oxygen atoms in total. The minimum atomic E-state index is 0.508. The van der Waals surface area contributed by atoms with E-state index in [9.17, 15) is 0 Å². The first-order chi connectivity index (χ1) is 6.33. The SMILES string of the molecule is CC1CCCC(OCC=CCS)C1. The monoisotopic (exact) mass is 200 g/mol. The lowest BCUT2D eigenvalue weighted by atomic mass is 9.89. The van der Waals surface area contributed by atoms with Crippen LogP contribution in [0.4, 0.5) is 0 Å². The lowest BCUT2D eigenvalue weighted by Gasteiger charge is -2.26. The summed E-state index contributed by atoms with van der Waals surface area (Å²) >= 11 is 4.09. The van der Waals surface area contributed by atoms with E-state index in [0.717, 1.165) is 18.3 Å². The van der Waals surface area contributed by atoms with E-state index in [2.05, 4.69) is 25.6 Å². The molecule has 13 heavy (non-hydrogen) atoms. The topological polar surface area (TPSA) is 9.23 Å². The molecule has 2 heteroatoms. The summed E-state index contributed by atoms with van der Waals surface area (Å²) in [4.78, 5) is 0. The number of ether oxygens (including phenoxy) is 1. The van der Waals surface area contributed by atoms with E-state index in [0.29, 0.717) is 6.10 Å². The third kappa shape index (κ3) is 4.72. The van der Waals surface area contributed by atoms with Crippen molar-refractivity contribution in [2.24, 2.45) is 5.92 Å². The molecule has 76 valence electrons. The molecular weight excluding hydrogens is 180 g/mol. The zero-order valence-corrected chi connectivity index (χ0v) is 9.30. The Balaban J connectivity index is 2.10. The van der Waals surface area contributed by atoms with Gasteiger partial charge in [0.05, 0.1) is 12.7 Å². The van der Waals surface area contributed by atoms with Crippen molar-refractivity contribution in [1.82, 2.24) is 0 Å². The van der Waals surface area contributed by atoms with Crippen molar-refractivity contribution in [2.75, 3.05) is 12.4 Å². The van der Waals surface area contributed by atoms with Gasteiger partial charge in [-0.1, -0.05) is 31.9 Å². The van der Waals surface area contributed by atoms with Crippen molar-refractivity contribution in [3.05, 3.63) is 12.2 Å². The van der Waals surface area contributed by atoms with Crippen molar-refractivity contribution < 1.29 is 4.74 Å². The van der Waals surface area contributed by atoms with Crippen LogP contribution in [0.25, 0.3) is 0 Å². The largest absolute Gasteiger partial charge is 0.374 e. The number of thiol groups is 1. The Labute approximate surface area is 87.0 Å². The minimum Gasteiger partial charge on any atom is -0.374 e. The Morgan fingerprint density at radius 1 is 1.38 bits per heavy atom. The summed E-state index contributed by atoms with van der Waals surface area (Å²) in [7, 11) is 0. The van der Waals surface area contributed by atoms with E-state index in [-0.39, 0.29) is 0 Å². The van der Waals surface area contributed by atoms with E-state index in [1.807, 2.05) is 6.08 Å². The van der Waals surface area contributed by atoms with Gasteiger partial charge in [-0.05, 0) is 18.8 Å². The molecule has 1 saturated carbocycles. The van der Waals surface area contributed by atoms with Gasteiger partial charge in [-0.15, -0.1) is 0 Å². The number of hydrogen-bond donors (Lipinski definition) is 1. The Morgan fingerprint density at radius 3 is 2.92 bits per heavy atom. The van der Waals surface area contributed by atoms with Gasteiger partial charge in [0.15, 0.2) is 0 Å². The molecule has 0 N–H and O–H groups in total. The first-order valence-corrected chi connectivity index (χ1v) is 5.83. The van der Waals surface area contributed by atoms with Crippen LogP contribution in [0, 0.1) is 5.92 Å². The molecule has 1 aliphatic rings. The summed E-state index contributed by atoms with van der Waals surface area (Å²) in [6, 6.07) is 0. The van der Waals surface area contributed by atoms with Crippen LogP contribution >= 0.6 is 12.6 Å². The zero-order chi connectivity index (χ0) is 9.52. The third-order valence-corrected chi connectivity index (χ3v) is 2.80. The van der Waals surface area contributed by atoms with Crippen LogP contribution in [0.3, 0.4) is 0 Å². The predicted octanol–water partition coefficient (Wildman–Crippen LogP) is 3.07. The Bertz CT molecular complexity index is 156. The Kier molecular flexibility index (Phi) is 5.56. The van der Waals surface area contributed by atoms with Crippen LogP contribution in [-0.4, -0.2) is 18.5 Å². The lowest BCUT2D eigenvalue weighted by molar-refractivity contribution is 0.0321. The van der Waals surface area contributed by atoms with Gasteiger partial charge < -0.3 is 4.74 Å². The molecule has 0 bridgehead atoms. The highest BCUT2D eigenvalue weighted by molar-refractivity contribution is 7.80. The lowest BCUT2D eigenvalue weighted by Crippen LogP contribution is -2.21. The molecule has 0 radical (unpaired) electrons. The van der Waals surface area contributed by atoms with Crippen molar-refractivity contribution in [2.45, 2.75) is 38.7 Å². The van der Waals surface area contributed by atoms with Crippen LogP contribution < -0.4 is 0 Å². The highest BCUT2D eigenvalue weighted by Crippen LogP contribution is 2.25. The van der Waals surface area contributed by atoms with Gasteiger partial charge in [-0.3, -0.25) is 0 Å². The summed E-state index contributed by atoms with van der Waals surface area (Å²) < 4.78 is 5.73. The highest BCUT2D eigenvalue weighted by Gasteiger charge is 2.18. The molecule has 1 aliphatic carbocycles. The van der Waals surface area contributed by atoms with Crippen LogP contribution in [0.15, 0.2) is 12.2 Å². The van der Waals surface area contributed by atoms with Gasteiger partial charge in [0.25, 0.3) is 0 Å². The highest BCUT2D eigenvalue weighted by atomic mass is 32.1. The van der Waals surface area contributed by atoms with Crippen molar-refractivity contribution in [1.29, 1.82) is 0 Å². The Morgan fingerprint density at radius 2 is 2.23 bits per heavy atom. The van der Waals surface area contributed by atoms with Gasteiger partial charge in [-0.25, -0.2) is 0 Å². The first-order valence-electron chi connectivity index (χ1n) is 5.20. The second kappa shape index (κ2) is 6.50. The quantitative estimate of drug-likeness (QED) is 0.542. The fourth-order valence-electron chi connectivity index (χ4n) is 1.86. The summed E-state index contributed by atoms with van der Waals surface area (Å²) in [5, 5.41) is 0. The van der Waals surface area contributed by atoms with E-state index in [4.69, 9.17) is 4.74 Å². The molecule has 0 spiro atoms. The first kappa shape index (κ1) is 11.1. The van der Waals surface area contributed by atoms with Gasteiger partial charge in [0, 0.05) is 5.75 Å². The van der Waals surface area contributed by atoms with E-state index < -0.39 is 0 Å². The average molecular weight is 200 g/mol. The molecule has 2 unspecified atom stereocenters. The number of hydrogen-bond acceptors (Lipinski definition) is 2. The smallest absolute Gasteiger partial charge is 0.0651 e. The molecule has 1 fully saturated rings. The normalized spacial score (nSPS) is 29.7. The molecule has 0 aliphatic heterocycles. The van der Waals surface area contributed by atoms with Gasteiger partial charge in [0.2, 0.25) is 0 Å². The summed E-state index contributed by atoms with van der Waals surface area (Å²) in [5.74, 6) is 1.66. The maximum Gasteiger partial charge on any atom is 0.0651 e. The summed E-state index contributed by atoms with van der Waals surface area (Å²) in [5.41, 5.74) is 0. The van der Waals surface area contributed by atoms with Gasteiger partial charge >= 0.3 is 0 Å². The molecule has 0 aromatic carbocycles. The molecule has 2 atom stereocenters.